The first kappa shape index (κ1) is 22.2. The summed E-state index contributed by atoms with van der Waals surface area (Å²) >= 11 is 0. The highest BCUT2D eigenvalue weighted by atomic mass is 19.4. The molecule has 0 fully saturated rings. The lowest BCUT2D eigenvalue weighted by atomic mass is 10.1. The van der Waals surface area contributed by atoms with Crippen molar-refractivity contribution in [3.8, 4) is 5.75 Å². The molecule has 0 aromatic heterocycles. The monoisotopic (exact) mass is 410 g/mol. The predicted molar refractivity (Wildman–Crippen MR) is 101 cm³/mol. The van der Waals surface area contributed by atoms with Gasteiger partial charge in [0, 0.05) is 11.6 Å². The molecule has 0 aliphatic rings. The van der Waals surface area contributed by atoms with E-state index in [-0.39, 0.29) is 24.3 Å². The first-order valence-electron chi connectivity index (χ1n) is 8.83. The van der Waals surface area contributed by atoms with Crippen LogP contribution in [0.1, 0.15) is 23.1 Å². The second-order valence-corrected chi connectivity index (χ2v) is 6.62. The number of nitrogens with zero attached hydrogens (tertiary/aromatic N) is 2. The molecule has 0 heterocycles. The molecule has 6 nitrogen and oxygen atoms in total. The zero-order chi connectivity index (χ0) is 21.6. The molecule has 1 amide bonds. The maximum Gasteiger partial charge on any atom is 0.406 e. The maximum atomic E-state index is 12.9. The molecular weight excluding hydrogens is 389 g/mol. The number of alkyl halides is 3. The number of benzene rings is 2. The summed E-state index contributed by atoms with van der Waals surface area (Å²) in [5.41, 5.74) is 1.58. The van der Waals surface area contributed by atoms with Crippen LogP contribution < -0.4 is 4.74 Å². The van der Waals surface area contributed by atoms with E-state index in [4.69, 9.17) is 4.74 Å². The Morgan fingerprint density at radius 2 is 1.86 bits per heavy atom. The van der Waals surface area contributed by atoms with Gasteiger partial charge in [0.25, 0.3) is 5.69 Å². The number of amides is 1. The van der Waals surface area contributed by atoms with Gasteiger partial charge in [-0.3, -0.25) is 14.9 Å². The lowest BCUT2D eigenvalue weighted by Gasteiger charge is -2.24. The molecule has 0 N–H and O–H groups in total. The van der Waals surface area contributed by atoms with E-state index in [9.17, 15) is 28.1 Å². The number of carbonyl (C=O) groups is 1. The molecule has 2 aromatic carbocycles. The molecule has 0 saturated heterocycles. The molecule has 0 aliphatic heterocycles. The molecule has 0 saturated carbocycles. The van der Waals surface area contributed by atoms with Gasteiger partial charge in [-0.2, -0.15) is 13.2 Å². The number of aryl methyl sites for hydroxylation is 2. The molecule has 29 heavy (non-hydrogen) atoms. The van der Waals surface area contributed by atoms with E-state index in [0.717, 1.165) is 11.1 Å². The van der Waals surface area contributed by atoms with Gasteiger partial charge in [0.15, 0.2) is 0 Å². The standard InChI is InChI=1S/C20H21F3N2O4/c1-14-7-8-18(15(2)11-14)29-10-9-19(26)24(13-20(21,22)23)12-16-5-3-4-6-17(16)25(27)28/h3-8,11H,9-10,12-13H2,1-2H3. The minimum Gasteiger partial charge on any atom is -0.493 e. The van der Waals surface area contributed by atoms with E-state index < -0.39 is 30.1 Å². The third-order valence-corrected chi connectivity index (χ3v) is 4.18. The van der Waals surface area contributed by atoms with Crippen molar-refractivity contribution in [3.05, 3.63) is 69.3 Å². The molecule has 0 bridgehead atoms. The number of nitro benzene ring substituents is 1. The Morgan fingerprint density at radius 1 is 1.17 bits per heavy atom. The van der Waals surface area contributed by atoms with Crippen molar-refractivity contribution in [1.29, 1.82) is 0 Å². The minimum absolute atomic E-state index is 0.0328. The minimum atomic E-state index is -4.63. The summed E-state index contributed by atoms with van der Waals surface area (Å²) in [5, 5.41) is 11.1. The quantitative estimate of drug-likeness (QED) is 0.472. The normalized spacial score (nSPS) is 11.2. The lowest BCUT2D eigenvalue weighted by molar-refractivity contribution is -0.385. The van der Waals surface area contributed by atoms with E-state index in [2.05, 4.69) is 0 Å². The molecule has 2 aromatic rings. The Hall–Kier alpha value is -3.10. The van der Waals surface area contributed by atoms with Crippen LogP contribution in [-0.2, 0) is 11.3 Å². The van der Waals surface area contributed by atoms with E-state index in [1.165, 1.54) is 24.3 Å². The van der Waals surface area contributed by atoms with Crippen molar-refractivity contribution in [2.24, 2.45) is 0 Å². The molecule has 2 rings (SSSR count). The number of rotatable bonds is 8. The van der Waals surface area contributed by atoms with E-state index >= 15 is 0 Å². The summed E-state index contributed by atoms with van der Waals surface area (Å²) < 4.78 is 44.4. The number of hydrogen-bond donors (Lipinski definition) is 0. The summed E-state index contributed by atoms with van der Waals surface area (Å²) in [6.07, 6.45) is -4.92. The van der Waals surface area contributed by atoms with Crippen LogP contribution in [0.15, 0.2) is 42.5 Å². The number of nitro groups is 1. The van der Waals surface area contributed by atoms with Gasteiger partial charge in [-0.05, 0) is 25.5 Å². The highest BCUT2D eigenvalue weighted by molar-refractivity contribution is 5.76. The van der Waals surface area contributed by atoms with Gasteiger partial charge in [0.05, 0.1) is 24.5 Å². The second-order valence-electron chi connectivity index (χ2n) is 6.62. The lowest BCUT2D eigenvalue weighted by Crippen LogP contribution is -2.39. The van der Waals surface area contributed by atoms with Crippen molar-refractivity contribution in [3.63, 3.8) is 0 Å². The number of halogens is 3. The van der Waals surface area contributed by atoms with Gasteiger partial charge >= 0.3 is 6.18 Å². The van der Waals surface area contributed by atoms with Crippen molar-refractivity contribution in [2.45, 2.75) is 33.0 Å². The first-order valence-corrected chi connectivity index (χ1v) is 8.83. The molecule has 156 valence electrons. The van der Waals surface area contributed by atoms with E-state index in [0.29, 0.717) is 10.6 Å². The van der Waals surface area contributed by atoms with Crippen LogP contribution in [0.3, 0.4) is 0 Å². The Labute approximate surface area is 166 Å². The molecule has 0 radical (unpaired) electrons. The van der Waals surface area contributed by atoms with Crippen molar-refractivity contribution in [1.82, 2.24) is 4.90 Å². The Kier molecular flexibility index (Phi) is 7.19. The van der Waals surface area contributed by atoms with Crippen LogP contribution in [0.4, 0.5) is 18.9 Å². The molecule has 0 aliphatic carbocycles. The van der Waals surface area contributed by atoms with Crippen molar-refractivity contribution >= 4 is 11.6 Å². The maximum absolute atomic E-state index is 12.9. The van der Waals surface area contributed by atoms with Crippen LogP contribution in [0.25, 0.3) is 0 Å². The number of para-hydroxylation sites is 1. The molecule has 0 unspecified atom stereocenters. The summed E-state index contributed by atoms with van der Waals surface area (Å²) in [5.74, 6) is -0.255. The van der Waals surface area contributed by atoms with Crippen molar-refractivity contribution in [2.75, 3.05) is 13.2 Å². The number of carbonyl (C=O) groups excluding carboxylic acids is 1. The van der Waals surface area contributed by atoms with Crippen LogP contribution in [-0.4, -0.2) is 35.1 Å². The first-order chi connectivity index (χ1) is 13.6. The summed E-state index contributed by atoms with van der Waals surface area (Å²) in [6, 6.07) is 10.9. The zero-order valence-electron chi connectivity index (χ0n) is 16.0. The number of hydrogen-bond acceptors (Lipinski definition) is 4. The average molecular weight is 410 g/mol. The average Bonchev–Trinajstić information content (AvgIpc) is 2.62. The largest absolute Gasteiger partial charge is 0.493 e. The SMILES string of the molecule is Cc1ccc(OCCC(=O)N(Cc2ccccc2[N+](=O)[O-])CC(F)(F)F)c(C)c1. The van der Waals surface area contributed by atoms with Gasteiger partial charge in [-0.1, -0.05) is 35.9 Å². The Bertz CT molecular complexity index is 884. The fourth-order valence-corrected chi connectivity index (χ4v) is 2.84. The smallest absolute Gasteiger partial charge is 0.406 e. The van der Waals surface area contributed by atoms with Gasteiger partial charge in [0.1, 0.15) is 12.3 Å². The van der Waals surface area contributed by atoms with Gasteiger partial charge in [0.2, 0.25) is 5.91 Å². The third kappa shape index (κ3) is 6.78. The zero-order valence-corrected chi connectivity index (χ0v) is 16.0. The Balaban J connectivity index is 2.09. The van der Waals surface area contributed by atoms with E-state index in [1.807, 2.05) is 26.0 Å². The van der Waals surface area contributed by atoms with Gasteiger partial charge in [-0.25, -0.2) is 0 Å². The van der Waals surface area contributed by atoms with Crippen LogP contribution >= 0.6 is 0 Å². The summed E-state index contributed by atoms with van der Waals surface area (Å²) in [7, 11) is 0. The topological polar surface area (TPSA) is 72.7 Å². The predicted octanol–water partition coefficient (Wildman–Crippen LogP) is 4.57. The highest BCUT2D eigenvalue weighted by Gasteiger charge is 2.33. The van der Waals surface area contributed by atoms with Crippen LogP contribution in [0, 0.1) is 24.0 Å². The molecule has 0 spiro atoms. The highest BCUT2D eigenvalue weighted by Crippen LogP contribution is 2.24. The molecule has 0 atom stereocenters. The second kappa shape index (κ2) is 9.40. The molecular formula is C20H21F3N2O4. The number of ether oxygens (including phenoxy) is 1. The van der Waals surface area contributed by atoms with Crippen LogP contribution in [0.2, 0.25) is 0 Å². The Morgan fingerprint density at radius 3 is 2.48 bits per heavy atom. The van der Waals surface area contributed by atoms with Gasteiger partial charge in [-0.15, -0.1) is 0 Å². The summed E-state index contributed by atoms with van der Waals surface area (Å²) in [4.78, 5) is 23.4. The van der Waals surface area contributed by atoms with Gasteiger partial charge < -0.3 is 9.64 Å². The third-order valence-electron chi connectivity index (χ3n) is 4.18. The van der Waals surface area contributed by atoms with E-state index in [1.54, 1.807) is 6.07 Å². The fraction of sp³-hybridized carbons (Fsp3) is 0.350. The van der Waals surface area contributed by atoms with Crippen LogP contribution in [0.5, 0.6) is 5.75 Å². The summed E-state index contributed by atoms with van der Waals surface area (Å²) in [6.45, 7) is 1.63. The van der Waals surface area contributed by atoms with Crippen molar-refractivity contribution < 1.29 is 27.6 Å². The fourth-order valence-electron chi connectivity index (χ4n) is 2.84. The molecule has 9 heteroatoms.